The lowest BCUT2D eigenvalue weighted by molar-refractivity contribution is 0.159. The first kappa shape index (κ1) is 12.2. The number of hydrogen-bond acceptors (Lipinski definition) is 3. The van der Waals surface area contributed by atoms with Crippen molar-refractivity contribution in [1.82, 2.24) is 10.2 Å². The van der Waals surface area contributed by atoms with Crippen molar-refractivity contribution >= 4 is 0 Å². The molecule has 2 heterocycles. The first-order chi connectivity index (χ1) is 8.86. The van der Waals surface area contributed by atoms with E-state index in [-0.39, 0.29) is 0 Å². The lowest BCUT2D eigenvalue weighted by Crippen LogP contribution is -2.52. The topological polar surface area (TPSA) is 28.4 Å². The molecule has 1 aromatic heterocycles. The van der Waals surface area contributed by atoms with Gasteiger partial charge in [-0.1, -0.05) is 19.3 Å². The van der Waals surface area contributed by atoms with Gasteiger partial charge < -0.3 is 9.73 Å². The van der Waals surface area contributed by atoms with Gasteiger partial charge in [0.2, 0.25) is 0 Å². The minimum absolute atomic E-state index is 0.401. The highest BCUT2D eigenvalue weighted by molar-refractivity contribution is 5.06. The zero-order valence-corrected chi connectivity index (χ0v) is 11.2. The number of nitrogens with zero attached hydrogens (tertiary/aromatic N) is 1. The molecule has 1 aliphatic heterocycles. The standard InChI is InChI=1S/C15H24N2O/c1-2-6-15(7-3-1)13-17(9-4-8-16-15)11-14-5-10-18-12-14/h5,10,12,16H,1-4,6-9,11,13H2. The van der Waals surface area contributed by atoms with Gasteiger partial charge in [0.1, 0.15) is 0 Å². The van der Waals surface area contributed by atoms with Crippen molar-refractivity contribution in [3.05, 3.63) is 24.2 Å². The molecule has 0 atom stereocenters. The zero-order valence-electron chi connectivity index (χ0n) is 11.2. The van der Waals surface area contributed by atoms with E-state index in [0.717, 1.165) is 6.54 Å². The van der Waals surface area contributed by atoms with Gasteiger partial charge in [-0.15, -0.1) is 0 Å². The number of furan rings is 1. The lowest BCUT2D eigenvalue weighted by Gasteiger charge is -2.40. The van der Waals surface area contributed by atoms with E-state index in [2.05, 4.69) is 16.3 Å². The third-order valence-electron chi connectivity index (χ3n) is 4.47. The Morgan fingerprint density at radius 3 is 2.89 bits per heavy atom. The molecule has 0 unspecified atom stereocenters. The van der Waals surface area contributed by atoms with E-state index < -0.39 is 0 Å². The van der Waals surface area contributed by atoms with E-state index in [1.165, 1.54) is 63.7 Å². The molecule has 0 aromatic carbocycles. The van der Waals surface area contributed by atoms with Crippen molar-refractivity contribution < 1.29 is 4.42 Å². The first-order valence-corrected chi connectivity index (χ1v) is 7.35. The summed E-state index contributed by atoms with van der Waals surface area (Å²) in [5.74, 6) is 0. The van der Waals surface area contributed by atoms with Crippen LogP contribution in [0.4, 0.5) is 0 Å². The molecule has 0 radical (unpaired) electrons. The summed E-state index contributed by atoms with van der Waals surface area (Å²) in [5, 5.41) is 3.84. The maximum absolute atomic E-state index is 5.18. The van der Waals surface area contributed by atoms with Crippen LogP contribution in [0, 0.1) is 0 Å². The van der Waals surface area contributed by atoms with Gasteiger partial charge in [0, 0.05) is 24.2 Å². The fourth-order valence-corrected chi connectivity index (χ4v) is 3.56. The number of rotatable bonds is 2. The third-order valence-corrected chi connectivity index (χ3v) is 4.47. The van der Waals surface area contributed by atoms with E-state index in [0.29, 0.717) is 5.54 Å². The predicted molar refractivity (Wildman–Crippen MR) is 72.4 cm³/mol. The van der Waals surface area contributed by atoms with Gasteiger partial charge in [-0.3, -0.25) is 4.90 Å². The second kappa shape index (κ2) is 5.45. The minimum atomic E-state index is 0.401. The fourth-order valence-electron chi connectivity index (χ4n) is 3.56. The van der Waals surface area contributed by atoms with Gasteiger partial charge in [0.15, 0.2) is 0 Å². The Kier molecular flexibility index (Phi) is 3.71. The molecule has 3 nitrogen and oxygen atoms in total. The molecule has 1 spiro atoms. The van der Waals surface area contributed by atoms with Gasteiger partial charge in [0.05, 0.1) is 12.5 Å². The van der Waals surface area contributed by atoms with E-state index >= 15 is 0 Å². The van der Waals surface area contributed by atoms with Crippen molar-refractivity contribution in [1.29, 1.82) is 0 Å². The third kappa shape index (κ3) is 2.78. The van der Waals surface area contributed by atoms with E-state index in [9.17, 15) is 0 Å². The van der Waals surface area contributed by atoms with Gasteiger partial charge in [0.25, 0.3) is 0 Å². The summed E-state index contributed by atoms with van der Waals surface area (Å²) >= 11 is 0. The van der Waals surface area contributed by atoms with Crippen LogP contribution in [0.5, 0.6) is 0 Å². The average Bonchev–Trinajstić information content (AvgIpc) is 2.81. The summed E-state index contributed by atoms with van der Waals surface area (Å²) in [5.41, 5.74) is 1.71. The molecule has 0 bridgehead atoms. The zero-order chi connectivity index (χ0) is 12.3. The highest BCUT2D eigenvalue weighted by Gasteiger charge is 2.34. The molecular weight excluding hydrogens is 224 g/mol. The van der Waals surface area contributed by atoms with Gasteiger partial charge >= 0.3 is 0 Å². The highest BCUT2D eigenvalue weighted by atomic mass is 16.3. The average molecular weight is 248 g/mol. The Balaban J connectivity index is 1.66. The second-order valence-electron chi connectivity index (χ2n) is 5.96. The lowest BCUT2D eigenvalue weighted by atomic mass is 9.81. The summed E-state index contributed by atoms with van der Waals surface area (Å²) < 4.78 is 5.18. The first-order valence-electron chi connectivity index (χ1n) is 7.35. The normalized spacial score (nSPS) is 25.1. The highest BCUT2D eigenvalue weighted by Crippen LogP contribution is 2.30. The van der Waals surface area contributed by atoms with Crippen LogP contribution in [-0.2, 0) is 6.54 Å². The molecule has 3 rings (SSSR count). The fraction of sp³-hybridized carbons (Fsp3) is 0.733. The van der Waals surface area contributed by atoms with Crippen LogP contribution in [0.2, 0.25) is 0 Å². The summed E-state index contributed by atoms with van der Waals surface area (Å²) in [4.78, 5) is 2.61. The van der Waals surface area contributed by atoms with Crippen molar-refractivity contribution in [3.8, 4) is 0 Å². The molecule has 1 aliphatic carbocycles. The molecule has 1 N–H and O–H groups in total. The molecule has 3 heteroatoms. The molecule has 100 valence electrons. The Labute approximate surface area is 110 Å². The largest absolute Gasteiger partial charge is 0.472 e. The van der Waals surface area contributed by atoms with Crippen LogP contribution < -0.4 is 5.32 Å². The maximum atomic E-state index is 5.18. The number of hydrogen-bond donors (Lipinski definition) is 1. The molecule has 1 aromatic rings. The Bertz CT molecular complexity index is 355. The SMILES string of the molecule is c1cc(CN2CCCNC3(CCCCC3)C2)co1. The molecular formula is C15H24N2O. The van der Waals surface area contributed by atoms with Gasteiger partial charge in [-0.05, 0) is 38.4 Å². The monoisotopic (exact) mass is 248 g/mol. The quantitative estimate of drug-likeness (QED) is 0.872. The summed E-state index contributed by atoms with van der Waals surface area (Å²) in [6.45, 7) is 4.64. The second-order valence-corrected chi connectivity index (χ2v) is 5.96. The summed E-state index contributed by atoms with van der Waals surface area (Å²) in [6, 6.07) is 2.09. The van der Waals surface area contributed by atoms with Crippen molar-refractivity contribution in [2.75, 3.05) is 19.6 Å². The Morgan fingerprint density at radius 2 is 2.11 bits per heavy atom. The Hall–Kier alpha value is -0.800. The van der Waals surface area contributed by atoms with Crippen LogP contribution in [0.15, 0.2) is 23.0 Å². The van der Waals surface area contributed by atoms with Crippen molar-refractivity contribution in [2.45, 2.75) is 50.6 Å². The van der Waals surface area contributed by atoms with Gasteiger partial charge in [-0.25, -0.2) is 0 Å². The van der Waals surface area contributed by atoms with E-state index in [4.69, 9.17) is 4.42 Å². The maximum Gasteiger partial charge on any atom is 0.0947 e. The predicted octanol–water partition coefficient (Wildman–Crippen LogP) is 2.78. The summed E-state index contributed by atoms with van der Waals surface area (Å²) in [6.07, 6.45) is 11.8. The van der Waals surface area contributed by atoms with Crippen LogP contribution in [-0.4, -0.2) is 30.1 Å². The molecule has 1 saturated carbocycles. The van der Waals surface area contributed by atoms with Crippen LogP contribution in [0.25, 0.3) is 0 Å². The molecule has 0 amide bonds. The number of nitrogens with one attached hydrogen (secondary N) is 1. The van der Waals surface area contributed by atoms with E-state index in [1.54, 1.807) is 6.26 Å². The van der Waals surface area contributed by atoms with Gasteiger partial charge in [-0.2, -0.15) is 0 Å². The minimum Gasteiger partial charge on any atom is -0.472 e. The molecule has 2 fully saturated rings. The summed E-state index contributed by atoms with van der Waals surface area (Å²) in [7, 11) is 0. The molecule has 2 aliphatic rings. The van der Waals surface area contributed by atoms with Crippen LogP contribution in [0.1, 0.15) is 44.1 Å². The molecule has 18 heavy (non-hydrogen) atoms. The Morgan fingerprint density at radius 1 is 1.22 bits per heavy atom. The van der Waals surface area contributed by atoms with Crippen LogP contribution in [0.3, 0.4) is 0 Å². The van der Waals surface area contributed by atoms with Crippen LogP contribution >= 0.6 is 0 Å². The van der Waals surface area contributed by atoms with E-state index in [1.807, 2.05) is 6.26 Å². The molecule has 1 saturated heterocycles. The van der Waals surface area contributed by atoms with Crippen molar-refractivity contribution in [2.24, 2.45) is 0 Å². The van der Waals surface area contributed by atoms with Crippen molar-refractivity contribution in [3.63, 3.8) is 0 Å². The smallest absolute Gasteiger partial charge is 0.0947 e.